The summed E-state index contributed by atoms with van der Waals surface area (Å²) in [6, 6.07) is 1.93. The van der Waals surface area contributed by atoms with Gasteiger partial charge in [0, 0.05) is 23.9 Å². The topological polar surface area (TPSA) is 38.3 Å². The van der Waals surface area contributed by atoms with Crippen LogP contribution in [-0.2, 0) is 4.74 Å². The molecule has 0 radical (unpaired) electrons. The second-order valence-electron chi connectivity index (χ2n) is 3.76. The number of nitrogens with one attached hydrogen (secondary N) is 1. The molecule has 0 aliphatic carbocycles. The number of thiophene rings is 1. The van der Waals surface area contributed by atoms with Gasteiger partial charge in [-0.05, 0) is 31.9 Å². The highest BCUT2D eigenvalue weighted by Crippen LogP contribution is 2.20. The molecule has 96 valence electrons. The number of amides is 1. The number of hydrogen-bond acceptors (Lipinski definition) is 3. The van der Waals surface area contributed by atoms with Gasteiger partial charge in [-0.2, -0.15) is 0 Å². The largest absolute Gasteiger partial charge is 0.380 e. The molecule has 17 heavy (non-hydrogen) atoms. The molecule has 1 N–H and O–H groups in total. The lowest BCUT2D eigenvalue weighted by atomic mass is 10.3. The van der Waals surface area contributed by atoms with E-state index in [2.05, 4.69) is 5.32 Å². The SMILES string of the molecule is Cc1cc(C(=O)NCCCOCCCl)sc1C. The van der Waals surface area contributed by atoms with Crippen molar-refractivity contribution < 1.29 is 9.53 Å². The smallest absolute Gasteiger partial charge is 0.261 e. The molecule has 0 fully saturated rings. The molecule has 1 rings (SSSR count). The van der Waals surface area contributed by atoms with E-state index in [-0.39, 0.29) is 5.91 Å². The lowest BCUT2D eigenvalue weighted by Crippen LogP contribution is -2.24. The second-order valence-corrected chi connectivity index (χ2v) is 5.39. The van der Waals surface area contributed by atoms with Gasteiger partial charge in [0.05, 0.1) is 11.5 Å². The van der Waals surface area contributed by atoms with Gasteiger partial charge in [0.25, 0.3) is 5.91 Å². The second kappa shape index (κ2) is 7.69. The van der Waals surface area contributed by atoms with Crippen LogP contribution in [0.5, 0.6) is 0 Å². The van der Waals surface area contributed by atoms with Crippen LogP contribution in [0.1, 0.15) is 26.5 Å². The molecule has 3 nitrogen and oxygen atoms in total. The Bertz CT molecular complexity index is 346. The van der Waals surface area contributed by atoms with Crippen molar-refractivity contribution in [2.75, 3.05) is 25.6 Å². The van der Waals surface area contributed by atoms with Gasteiger partial charge in [-0.15, -0.1) is 22.9 Å². The predicted octanol–water partition coefficient (Wildman–Crippen LogP) is 2.74. The number of aryl methyl sites for hydroxylation is 2. The number of carbonyl (C=O) groups is 1. The molecular formula is C12H18ClNO2S. The summed E-state index contributed by atoms with van der Waals surface area (Å²) in [6.07, 6.45) is 0.811. The van der Waals surface area contributed by atoms with Gasteiger partial charge in [-0.25, -0.2) is 0 Å². The van der Waals surface area contributed by atoms with Crippen molar-refractivity contribution in [3.8, 4) is 0 Å². The summed E-state index contributed by atoms with van der Waals surface area (Å²) in [5.41, 5.74) is 1.17. The summed E-state index contributed by atoms with van der Waals surface area (Å²) in [6.45, 7) is 5.88. The highest BCUT2D eigenvalue weighted by molar-refractivity contribution is 7.14. The molecule has 0 atom stereocenters. The molecule has 0 aliphatic heterocycles. The van der Waals surface area contributed by atoms with E-state index in [0.29, 0.717) is 25.6 Å². The first kappa shape index (κ1) is 14.5. The minimum Gasteiger partial charge on any atom is -0.380 e. The van der Waals surface area contributed by atoms with Crippen molar-refractivity contribution in [3.63, 3.8) is 0 Å². The van der Waals surface area contributed by atoms with Gasteiger partial charge in [0.1, 0.15) is 0 Å². The molecule has 1 amide bonds. The highest BCUT2D eigenvalue weighted by atomic mass is 35.5. The van der Waals surface area contributed by atoms with Crippen molar-refractivity contribution in [3.05, 3.63) is 21.4 Å². The van der Waals surface area contributed by atoms with Crippen molar-refractivity contribution in [2.45, 2.75) is 20.3 Å². The van der Waals surface area contributed by atoms with Crippen molar-refractivity contribution in [1.82, 2.24) is 5.32 Å². The van der Waals surface area contributed by atoms with Gasteiger partial charge in [-0.3, -0.25) is 4.79 Å². The standard InChI is InChI=1S/C12H18ClNO2S/c1-9-8-11(17-10(9)2)12(15)14-5-3-6-16-7-4-13/h8H,3-7H2,1-2H3,(H,14,15). The number of alkyl halides is 1. The maximum Gasteiger partial charge on any atom is 0.261 e. The van der Waals surface area contributed by atoms with E-state index in [0.717, 1.165) is 11.3 Å². The first-order chi connectivity index (χ1) is 8.15. The number of ether oxygens (including phenoxy) is 1. The Morgan fingerprint density at radius 1 is 1.47 bits per heavy atom. The highest BCUT2D eigenvalue weighted by Gasteiger charge is 2.09. The first-order valence-corrected chi connectivity index (χ1v) is 6.99. The number of halogens is 1. The van der Waals surface area contributed by atoms with E-state index >= 15 is 0 Å². The zero-order valence-corrected chi connectivity index (χ0v) is 11.8. The quantitative estimate of drug-likeness (QED) is 0.614. The molecule has 1 aromatic rings. The maximum atomic E-state index is 11.7. The fourth-order valence-electron chi connectivity index (χ4n) is 1.30. The Labute approximate surface area is 111 Å². The molecule has 0 spiro atoms. The Kier molecular flexibility index (Phi) is 6.55. The molecule has 1 aromatic heterocycles. The van der Waals surface area contributed by atoms with Crippen LogP contribution in [0.4, 0.5) is 0 Å². The minimum absolute atomic E-state index is 0.00328. The molecule has 0 saturated carbocycles. The fourth-order valence-corrected chi connectivity index (χ4v) is 2.36. The zero-order valence-electron chi connectivity index (χ0n) is 10.2. The van der Waals surface area contributed by atoms with Crippen molar-refractivity contribution in [2.24, 2.45) is 0 Å². The van der Waals surface area contributed by atoms with Gasteiger partial charge in [0.2, 0.25) is 0 Å². The lowest BCUT2D eigenvalue weighted by Gasteiger charge is -2.03. The Morgan fingerprint density at radius 3 is 2.82 bits per heavy atom. The number of rotatable bonds is 7. The monoisotopic (exact) mass is 275 g/mol. The molecule has 0 unspecified atom stereocenters. The van der Waals surface area contributed by atoms with E-state index < -0.39 is 0 Å². The van der Waals surface area contributed by atoms with Crippen LogP contribution in [0.3, 0.4) is 0 Å². The Hall–Kier alpha value is -0.580. The summed E-state index contributed by atoms with van der Waals surface area (Å²) in [4.78, 5) is 13.7. The van der Waals surface area contributed by atoms with Gasteiger partial charge >= 0.3 is 0 Å². The number of carbonyl (C=O) groups excluding carboxylic acids is 1. The van der Waals surface area contributed by atoms with Gasteiger partial charge in [0.15, 0.2) is 0 Å². The molecule has 0 aromatic carbocycles. The molecule has 0 bridgehead atoms. The van der Waals surface area contributed by atoms with E-state index in [1.807, 2.05) is 19.9 Å². The summed E-state index contributed by atoms with van der Waals surface area (Å²) >= 11 is 7.00. The first-order valence-electron chi connectivity index (χ1n) is 5.64. The molecule has 1 heterocycles. The van der Waals surface area contributed by atoms with Crippen LogP contribution < -0.4 is 5.32 Å². The molecule has 5 heteroatoms. The fraction of sp³-hybridized carbons (Fsp3) is 0.583. The third kappa shape index (κ3) is 5.06. The van der Waals surface area contributed by atoms with Gasteiger partial charge < -0.3 is 10.1 Å². The van der Waals surface area contributed by atoms with E-state index in [4.69, 9.17) is 16.3 Å². The van der Waals surface area contributed by atoms with Crippen LogP contribution in [0.2, 0.25) is 0 Å². The van der Waals surface area contributed by atoms with Crippen LogP contribution >= 0.6 is 22.9 Å². The summed E-state index contributed by atoms with van der Waals surface area (Å²) < 4.78 is 5.21. The average Bonchev–Trinajstić information content (AvgIpc) is 2.64. The summed E-state index contributed by atoms with van der Waals surface area (Å²) in [5, 5.41) is 2.87. The van der Waals surface area contributed by atoms with Crippen LogP contribution in [-0.4, -0.2) is 31.5 Å². The van der Waals surface area contributed by atoms with Gasteiger partial charge in [-0.1, -0.05) is 0 Å². The molecule has 0 saturated heterocycles. The van der Waals surface area contributed by atoms with Crippen molar-refractivity contribution >= 4 is 28.8 Å². The summed E-state index contributed by atoms with van der Waals surface area (Å²) in [7, 11) is 0. The maximum absolute atomic E-state index is 11.7. The third-order valence-corrected chi connectivity index (χ3v) is 3.67. The van der Waals surface area contributed by atoms with E-state index in [1.54, 1.807) is 0 Å². The molecular weight excluding hydrogens is 258 g/mol. The minimum atomic E-state index is 0.00328. The van der Waals surface area contributed by atoms with E-state index in [9.17, 15) is 4.79 Å². The van der Waals surface area contributed by atoms with Crippen molar-refractivity contribution in [1.29, 1.82) is 0 Å². The summed E-state index contributed by atoms with van der Waals surface area (Å²) in [5.74, 6) is 0.517. The Morgan fingerprint density at radius 2 is 2.24 bits per heavy atom. The predicted molar refractivity (Wildman–Crippen MR) is 72.3 cm³/mol. The third-order valence-electron chi connectivity index (χ3n) is 2.36. The number of hydrogen-bond donors (Lipinski definition) is 1. The molecule has 0 aliphatic rings. The van der Waals surface area contributed by atoms with Crippen LogP contribution in [0.15, 0.2) is 6.07 Å². The lowest BCUT2D eigenvalue weighted by molar-refractivity contribution is 0.0948. The van der Waals surface area contributed by atoms with E-state index in [1.165, 1.54) is 21.8 Å². The zero-order chi connectivity index (χ0) is 12.7. The van der Waals surface area contributed by atoms with Crippen LogP contribution in [0.25, 0.3) is 0 Å². The average molecular weight is 276 g/mol. The van der Waals surface area contributed by atoms with Crippen LogP contribution in [0, 0.1) is 13.8 Å². The normalized spacial score (nSPS) is 10.5. The Balaban J connectivity index is 2.21.